The van der Waals surface area contributed by atoms with Crippen LogP contribution in [-0.4, -0.2) is 70.8 Å². The molecule has 1 amide bonds. The van der Waals surface area contributed by atoms with Crippen LogP contribution in [0.3, 0.4) is 0 Å². The number of fused-ring (bicyclic) bond motifs is 1. The molecule has 31 heavy (non-hydrogen) atoms. The number of alkyl halides is 3. The Kier molecular flexibility index (Phi) is 5.54. The summed E-state index contributed by atoms with van der Waals surface area (Å²) in [7, 11) is 3.45. The van der Waals surface area contributed by atoms with Crippen LogP contribution in [0.25, 0.3) is 16.9 Å². The highest BCUT2D eigenvalue weighted by Crippen LogP contribution is 2.33. The minimum atomic E-state index is -4.69. The number of ether oxygens (including phenoxy) is 1. The van der Waals surface area contributed by atoms with Gasteiger partial charge in [-0.25, -0.2) is 14.5 Å². The summed E-state index contributed by atoms with van der Waals surface area (Å²) in [6.45, 7) is 2.76. The lowest BCUT2D eigenvalue weighted by Gasteiger charge is -2.32. The first-order valence-electron chi connectivity index (χ1n) is 9.61. The zero-order valence-electron chi connectivity index (χ0n) is 17.0. The van der Waals surface area contributed by atoms with E-state index >= 15 is 0 Å². The largest absolute Gasteiger partial charge is 0.497 e. The van der Waals surface area contributed by atoms with Gasteiger partial charge in [-0.05, 0) is 25.2 Å². The Morgan fingerprint density at radius 2 is 1.90 bits per heavy atom. The first-order valence-corrected chi connectivity index (χ1v) is 9.61. The van der Waals surface area contributed by atoms with E-state index in [1.54, 1.807) is 29.3 Å². The monoisotopic (exact) mass is 434 g/mol. The highest BCUT2D eigenvalue weighted by Gasteiger charge is 2.36. The van der Waals surface area contributed by atoms with Crippen LogP contribution >= 0.6 is 0 Å². The van der Waals surface area contributed by atoms with Crippen molar-refractivity contribution in [2.75, 3.05) is 40.3 Å². The van der Waals surface area contributed by atoms with Crippen molar-refractivity contribution in [3.8, 4) is 17.0 Å². The number of nitrogens with one attached hydrogen (secondary N) is 1. The van der Waals surface area contributed by atoms with Crippen LogP contribution in [0.5, 0.6) is 5.75 Å². The summed E-state index contributed by atoms with van der Waals surface area (Å²) in [5, 5.41) is 5.54. The first-order chi connectivity index (χ1) is 14.8. The average Bonchev–Trinajstić information content (AvgIpc) is 3.18. The number of halogens is 3. The molecule has 1 saturated heterocycles. The standard InChI is InChI=1S/C20H21F3N6O2/c1-27-6-8-28(9-7-27)26-19(30)15-12-24-29-17(20(21,22)23)11-16(25-18(15)29)13-4-3-5-14(10-13)31-2/h3-5,10-12H,6-9H2,1-2H3,(H,26,30). The SMILES string of the molecule is COc1cccc(-c2cc(C(F)(F)F)n3ncc(C(=O)NN4CCN(C)CC4)c3n2)c1. The quantitative estimate of drug-likeness (QED) is 0.680. The molecule has 4 rings (SSSR count). The number of benzene rings is 1. The molecule has 0 bridgehead atoms. The van der Waals surface area contributed by atoms with E-state index in [2.05, 4.69) is 20.4 Å². The molecular formula is C20H21F3N6O2. The van der Waals surface area contributed by atoms with Crippen LogP contribution < -0.4 is 10.2 Å². The number of carbonyl (C=O) groups is 1. The minimum Gasteiger partial charge on any atom is -0.497 e. The number of aromatic nitrogens is 3. The molecule has 3 aromatic rings. The van der Waals surface area contributed by atoms with Crippen molar-refractivity contribution in [1.82, 2.24) is 29.9 Å². The number of hydrogen-bond donors (Lipinski definition) is 1. The van der Waals surface area contributed by atoms with Gasteiger partial charge in [-0.1, -0.05) is 12.1 Å². The lowest BCUT2D eigenvalue weighted by molar-refractivity contribution is -0.142. The molecule has 1 aliphatic heterocycles. The average molecular weight is 434 g/mol. The van der Waals surface area contributed by atoms with E-state index < -0.39 is 17.8 Å². The highest BCUT2D eigenvalue weighted by atomic mass is 19.4. The van der Waals surface area contributed by atoms with Crippen LogP contribution in [0, 0.1) is 0 Å². The maximum Gasteiger partial charge on any atom is 0.433 e. The van der Waals surface area contributed by atoms with Gasteiger partial charge >= 0.3 is 6.18 Å². The maximum absolute atomic E-state index is 13.8. The van der Waals surface area contributed by atoms with Gasteiger partial charge in [-0.3, -0.25) is 10.2 Å². The van der Waals surface area contributed by atoms with Crippen molar-refractivity contribution < 1.29 is 22.7 Å². The third-order valence-electron chi connectivity index (χ3n) is 5.14. The second kappa shape index (κ2) is 8.16. The summed E-state index contributed by atoms with van der Waals surface area (Å²) in [4.78, 5) is 19.3. The molecule has 0 saturated carbocycles. The number of piperazine rings is 1. The Balaban J connectivity index is 1.76. The van der Waals surface area contributed by atoms with E-state index in [4.69, 9.17) is 4.74 Å². The van der Waals surface area contributed by atoms with Crippen molar-refractivity contribution in [2.24, 2.45) is 0 Å². The van der Waals surface area contributed by atoms with Crippen LogP contribution in [-0.2, 0) is 6.18 Å². The lowest BCUT2D eigenvalue weighted by Crippen LogP contribution is -2.52. The molecule has 1 aliphatic rings. The third-order valence-corrected chi connectivity index (χ3v) is 5.14. The van der Waals surface area contributed by atoms with Gasteiger partial charge in [0.1, 0.15) is 11.3 Å². The Morgan fingerprint density at radius 3 is 2.58 bits per heavy atom. The second-order valence-electron chi connectivity index (χ2n) is 7.28. The fraction of sp³-hybridized carbons (Fsp3) is 0.350. The molecule has 164 valence electrons. The number of hydrazine groups is 1. The fourth-order valence-corrected chi connectivity index (χ4v) is 3.38. The normalized spacial score (nSPS) is 15.9. The molecule has 8 nitrogen and oxygen atoms in total. The highest BCUT2D eigenvalue weighted by molar-refractivity contribution is 5.99. The molecule has 0 unspecified atom stereocenters. The predicted octanol–water partition coefficient (Wildman–Crippen LogP) is 2.32. The van der Waals surface area contributed by atoms with Crippen molar-refractivity contribution in [3.05, 3.63) is 47.8 Å². The molecule has 2 aromatic heterocycles. The first kappa shape index (κ1) is 21.1. The number of hydrogen-bond acceptors (Lipinski definition) is 6. The topological polar surface area (TPSA) is 75.0 Å². The van der Waals surface area contributed by atoms with Gasteiger partial charge in [0.05, 0.1) is 19.0 Å². The van der Waals surface area contributed by atoms with Gasteiger partial charge in [0, 0.05) is 31.7 Å². The van der Waals surface area contributed by atoms with Crippen molar-refractivity contribution in [1.29, 1.82) is 0 Å². The number of nitrogens with zero attached hydrogens (tertiary/aromatic N) is 5. The fourth-order valence-electron chi connectivity index (χ4n) is 3.38. The van der Waals surface area contributed by atoms with Crippen LogP contribution in [0.15, 0.2) is 36.5 Å². The number of rotatable bonds is 4. The van der Waals surface area contributed by atoms with Crippen molar-refractivity contribution in [2.45, 2.75) is 6.18 Å². The van der Waals surface area contributed by atoms with E-state index in [-0.39, 0.29) is 16.9 Å². The van der Waals surface area contributed by atoms with E-state index in [1.165, 1.54) is 7.11 Å². The Morgan fingerprint density at radius 1 is 1.16 bits per heavy atom. The summed E-state index contributed by atoms with van der Waals surface area (Å²) in [6.07, 6.45) is -3.58. The Bertz CT molecular complexity index is 1110. The van der Waals surface area contributed by atoms with Crippen LogP contribution in [0.4, 0.5) is 13.2 Å². The molecule has 3 heterocycles. The van der Waals surface area contributed by atoms with Gasteiger partial charge in [0.25, 0.3) is 5.91 Å². The van der Waals surface area contributed by atoms with Gasteiger partial charge in [-0.15, -0.1) is 0 Å². The molecular weight excluding hydrogens is 413 g/mol. The van der Waals surface area contributed by atoms with E-state index in [9.17, 15) is 18.0 Å². The summed E-state index contributed by atoms with van der Waals surface area (Å²) in [6, 6.07) is 7.46. The van der Waals surface area contributed by atoms with Gasteiger partial charge < -0.3 is 9.64 Å². The van der Waals surface area contributed by atoms with Crippen molar-refractivity contribution in [3.63, 3.8) is 0 Å². The Hall–Kier alpha value is -3.18. The van der Waals surface area contributed by atoms with E-state index in [0.29, 0.717) is 28.9 Å². The maximum atomic E-state index is 13.8. The predicted molar refractivity (Wildman–Crippen MR) is 107 cm³/mol. The molecule has 1 aromatic carbocycles. The van der Waals surface area contributed by atoms with Crippen LogP contribution in [0.2, 0.25) is 0 Å². The van der Waals surface area contributed by atoms with Gasteiger partial charge in [-0.2, -0.15) is 18.3 Å². The number of carbonyl (C=O) groups excluding carboxylic acids is 1. The number of amides is 1. The lowest BCUT2D eigenvalue weighted by atomic mass is 10.1. The molecule has 0 atom stereocenters. The summed E-state index contributed by atoms with van der Waals surface area (Å²) in [5.74, 6) is -0.0720. The van der Waals surface area contributed by atoms with E-state index in [0.717, 1.165) is 25.4 Å². The van der Waals surface area contributed by atoms with Crippen molar-refractivity contribution >= 4 is 11.6 Å². The zero-order chi connectivity index (χ0) is 22.2. The molecule has 0 aliphatic carbocycles. The summed E-state index contributed by atoms with van der Waals surface area (Å²) < 4.78 is 47.1. The van der Waals surface area contributed by atoms with E-state index in [1.807, 2.05) is 7.05 Å². The summed E-state index contributed by atoms with van der Waals surface area (Å²) in [5.41, 5.74) is 2.02. The molecule has 1 N–H and O–H groups in total. The second-order valence-corrected chi connectivity index (χ2v) is 7.28. The smallest absolute Gasteiger partial charge is 0.433 e. The molecule has 11 heteroatoms. The zero-order valence-corrected chi connectivity index (χ0v) is 17.0. The molecule has 0 radical (unpaired) electrons. The summed E-state index contributed by atoms with van der Waals surface area (Å²) >= 11 is 0. The number of likely N-dealkylation sites (N-methyl/N-ethyl adjacent to an activating group) is 1. The van der Waals surface area contributed by atoms with Gasteiger partial charge in [0.2, 0.25) is 0 Å². The minimum absolute atomic E-state index is 0.0332. The third kappa shape index (κ3) is 4.32. The Labute approximate surface area is 176 Å². The van der Waals surface area contributed by atoms with Crippen LogP contribution in [0.1, 0.15) is 16.1 Å². The molecule has 0 spiro atoms. The van der Waals surface area contributed by atoms with Gasteiger partial charge in [0.15, 0.2) is 11.3 Å². The number of methoxy groups -OCH3 is 1. The molecule has 1 fully saturated rings.